The molecule has 20 heavy (non-hydrogen) atoms. The Bertz CT molecular complexity index is 447. The minimum atomic E-state index is -0.0917. The second kappa shape index (κ2) is 8.12. The van der Waals surface area contributed by atoms with Gasteiger partial charge in [0.2, 0.25) is 0 Å². The molecule has 0 unspecified atom stereocenters. The SMILES string of the molecule is CC(C)CNCc1cccc(Cl)c1OCC(=O)N(C)C. The summed E-state index contributed by atoms with van der Waals surface area (Å²) in [5.74, 6) is 1.07. The van der Waals surface area contributed by atoms with Crippen molar-refractivity contribution < 1.29 is 9.53 Å². The zero-order valence-corrected chi connectivity index (χ0v) is 13.3. The maximum Gasteiger partial charge on any atom is 0.259 e. The number of rotatable bonds is 7. The Morgan fingerprint density at radius 1 is 1.40 bits per heavy atom. The molecule has 0 aliphatic carbocycles. The molecule has 0 aromatic heterocycles. The molecule has 0 aliphatic heterocycles. The Kier molecular flexibility index (Phi) is 6.82. The summed E-state index contributed by atoms with van der Waals surface area (Å²) in [4.78, 5) is 13.1. The van der Waals surface area contributed by atoms with Crippen molar-refractivity contribution in [1.82, 2.24) is 10.2 Å². The summed E-state index contributed by atoms with van der Waals surface area (Å²) in [5.41, 5.74) is 0.963. The number of carbonyl (C=O) groups is 1. The van der Waals surface area contributed by atoms with Crippen LogP contribution in [0.5, 0.6) is 5.75 Å². The van der Waals surface area contributed by atoms with Gasteiger partial charge in [-0.05, 0) is 18.5 Å². The second-order valence-corrected chi connectivity index (χ2v) is 5.74. The molecule has 0 saturated carbocycles. The lowest BCUT2D eigenvalue weighted by molar-refractivity contribution is -0.130. The van der Waals surface area contributed by atoms with E-state index in [4.69, 9.17) is 16.3 Å². The van der Waals surface area contributed by atoms with Crippen LogP contribution < -0.4 is 10.1 Å². The van der Waals surface area contributed by atoms with Crippen LogP contribution in [-0.2, 0) is 11.3 Å². The van der Waals surface area contributed by atoms with E-state index >= 15 is 0 Å². The molecule has 0 fully saturated rings. The largest absolute Gasteiger partial charge is 0.482 e. The van der Waals surface area contributed by atoms with Gasteiger partial charge in [0, 0.05) is 26.2 Å². The van der Waals surface area contributed by atoms with Crippen LogP contribution in [0, 0.1) is 5.92 Å². The summed E-state index contributed by atoms with van der Waals surface area (Å²) >= 11 is 6.16. The van der Waals surface area contributed by atoms with E-state index in [1.165, 1.54) is 4.90 Å². The van der Waals surface area contributed by atoms with Gasteiger partial charge in [-0.2, -0.15) is 0 Å². The zero-order chi connectivity index (χ0) is 15.1. The molecule has 5 heteroatoms. The lowest BCUT2D eigenvalue weighted by Crippen LogP contribution is -2.28. The van der Waals surface area contributed by atoms with E-state index in [2.05, 4.69) is 19.2 Å². The summed E-state index contributed by atoms with van der Waals surface area (Å²) < 4.78 is 5.59. The third-order valence-electron chi connectivity index (χ3n) is 2.76. The fraction of sp³-hybridized carbons (Fsp3) is 0.533. The van der Waals surface area contributed by atoms with Gasteiger partial charge < -0.3 is 15.0 Å². The van der Waals surface area contributed by atoms with Gasteiger partial charge in [0.15, 0.2) is 6.61 Å². The number of nitrogens with one attached hydrogen (secondary N) is 1. The Labute approximate surface area is 126 Å². The average Bonchev–Trinajstić information content (AvgIpc) is 2.37. The molecule has 1 aromatic rings. The van der Waals surface area contributed by atoms with E-state index in [-0.39, 0.29) is 12.5 Å². The molecule has 1 aromatic carbocycles. The molecule has 0 bridgehead atoms. The number of halogens is 1. The van der Waals surface area contributed by atoms with E-state index in [9.17, 15) is 4.79 Å². The van der Waals surface area contributed by atoms with Gasteiger partial charge in [-0.25, -0.2) is 0 Å². The maximum atomic E-state index is 11.6. The van der Waals surface area contributed by atoms with Gasteiger partial charge in [0.1, 0.15) is 5.75 Å². The molecule has 0 atom stereocenters. The molecule has 0 aliphatic rings. The molecule has 1 amide bonds. The molecule has 0 spiro atoms. The Morgan fingerprint density at radius 3 is 2.70 bits per heavy atom. The zero-order valence-electron chi connectivity index (χ0n) is 12.6. The number of ether oxygens (including phenoxy) is 1. The van der Waals surface area contributed by atoms with E-state index in [0.29, 0.717) is 23.2 Å². The highest BCUT2D eigenvalue weighted by atomic mass is 35.5. The van der Waals surface area contributed by atoms with Crippen molar-refractivity contribution in [3.8, 4) is 5.75 Å². The third-order valence-corrected chi connectivity index (χ3v) is 3.05. The first-order valence-corrected chi connectivity index (χ1v) is 7.10. The van der Waals surface area contributed by atoms with Crippen LogP contribution in [0.3, 0.4) is 0 Å². The fourth-order valence-corrected chi connectivity index (χ4v) is 1.86. The van der Waals surface area contributed by atoms with Crippen molar-refractivity contribution in [1.29, 1.82) is 0 Å². The smallest absolute Gasteiger partial charge is 0.259 e. The van der Waals surface area contributed by atoms with Gasteiger partial charge >= 0.3 is 0 Å². The lowest BCUT2D eigenvalue weighted by atomic mass is 10.2. The van der Waals surface area contributed by atoms with Crippen molar-refractivity contribution in [3.63, 3.8) is 0 Å². The van der Waals surface area contributed by atoms with Gasteiger partial charge in [0.25, 0.3) is 5.91 Å². The normalized spacial score (nSPS) is 10.7. The Morgan fingerprint density at radius 2 is 2.10 bits per heavy atom. The number of nitrogens with zero attached hydrogens (tertiary/aromatic N) is 1. The summed E-state index contributed by atoms with van der Waals surface area (Å²) in [6.45, 7) is 5.89. The van der Waals surface area contributed by atoms with Gasteiger partial charge in [0.05, 0.1) is 5.02 Å². The molecular formula is C15H23ClN2O2. The standard InChI is InChI=1S/C15H23ClN2O2/c1-11(2)8-17-9-12-6-5-7-13(16)15(12)20-10-14(19)18(3)4/h5-7,11,17H,8-10H2,1-4H3. The number of para-hydroxylation sites is 1. The van der Waals surface area contributed by atoms with Crippen LogP contribution >= 0.6 is 11.6 Å². The van der Waals surface area contributed by atoms with E-state index in [0.717, 1.165) is 12.1 Å². The van der Waals surface area contributed by atoms with Crippen molar-refractivity contribution >= 4 is 17.5 Å². The molecule has 0 saturated heterocycles. The van der Waals surface area contributed by atoms with Gasteiger partial charge in [-0.1, -0.05) is 37.6 Å². The van der Waals surface area contributed by atoms with Gasteiger partial charge in [-0.15, -0.1) is 0 Å². The lowest BCUT2D eigenvalue weighted by Gasteiger charge is -2.16. The highest BCUT2D eigenvalue weighted by molar-refractivity contribution is 6.32. The number of carbonyl (C=O) groups excluding carboxylic acids is 1. The molecule has 0 radical (unpaired) electrons. The van der Waals surface area contributed by atoms with Crippen molar-refractivity contribution in [2.45, 2.75) is 20.4 Å². The van der Waals surface area contributed by atoms with E-state index in [1.807, 2.05) is 12.1 Å². The third kappa shape index (κ3) is 5.39. The van der Waals surface area contributed by atoms with Crippen LogP contribution in [0.15, 0.2) is 18.2 Å². The summed E-state index contributed by atoms with van der Waals surface area (Å²) in [7, 11) is 3.40. The monoisotopic (exact) mass is 298 g/mol. The highest BCUT2D eigenvalue weighted by Gasteiger charge is 2.11. The molecule has 0 heterocycles. The number of amides is 1. The van der Waals surface area contributed by atoms with Crippen LogP contribution in [0.1, 0.15) is 19.4 Å². The van der Waals surface area contributed by atoms with Crippen molar-refractivity contribution in [2.24, 2.45) is 5.92 Å². The fourth-order valence-electron chi connectivity index (χ4n) is 1.61. The van der Waals surface area contributed by atoms with E-state index < -0.39 is 0 Å². The summed E-state index contributed by atoms with van der Waals surface area (Å²) in [5, 5.41) is 3.87. The first-order valence-electron chi connectivity index (χ1n) is 6.73. The number of benzene rings is 1. The average molecular weight is 299 g/mol. The first kappa shape index (κ1) is 16.8. The van der Waals surface area contributed by atoms with Crippen molar-refractivity contribution in [2.75, 3.05) is 27.2 Å². The second-order valence-electron chi connectivity index (χ2n) is 5.33. The Balaban J connectivity index is 2.70. The number of hydrogen-bond donors (Lipinski definition) is 1. The molecule has 1 rings (SSSR count). The summed E-state index contributed by atoms with van der Waals surface area (Å²) in [6, 6.07) is 5.60. The summed E-state index contributed by atoms with van der Waals surface area (Å²) in [6.07, 6.45) is 0. The Hall–Kier alpha value is -1.26. The highest BCUT2D eigenvalue weighted by Crippen LogP contribution is 2.28. The van der Waals surface area contributed by atoms with Gasteiger partial charge in [-0.3, -0.25) is 4.79 Å². The molecule has 1 N–H and O–H groups in total. The minimum absolute atomic E-state index is 0.00604. The van der Waals surface area contributed by atoms with Crippen LogP contribution in [-0.4, -0.2) is 38.1 Å². The molecule has 112 valence electrons. The minimum Gasteiger partial charge on any atom is -0.482 e. The van der Waals surface area contributed by atoms with Crippen LogP contribution in [0.25, 0.3) is 0 Å². The predicted octanol–water partition coefficient (Wildman–Crippen LogP) is 2.55. The van der Waals surface area contributed by atoms with Crippen molar-refractivity contribution in [3.05, 3.63) is 28.8 Å². The van der Waals surface area contributed by atoms with Crippen LogP contribution in [0.2, 0.25) is 5.02 Å². The van der Waals surface area contributed by atoms with Crippen LogP contribution in [0.4, 0.5) is 0 Å². The topological polar surface area (TPSA) is 41.6 Å². The quantitative estimate of drug-likeness (QED) is 0.841. The molecular weight excluding hydrogens is 276 g/mol. The van der Waals surface area contributed by atoms with E-state index in [1.54, 1.807) is 20.2 Å². The predicted molar refractivity (Wildman–Crippen MR) is 82.2 cm³/mol. The maximum absolute atomic E-state index is 11.6. The molecule has 4 nitrogen and oxygen atoms in total. The first-order chi connectivity index (χ1) is 9.41. The number of likely N-dealkylation sites (N-methyl/N-ethyl adjacent to an activating group) is 1. The number of hydrogen-bond acceptors (Lipinski definition) is 3.